The van der Waals surface area contributed by atoms with E-state index < -0.39 is 6.04 Å². The minimum atomic E-state index is -0.901. The van der Waals surface area contributed by atoms with E-state index in [0.29, 0.717) is 6.29 Å². The zero-order valence-electron chi connectivity index (χ0n) is 7.00. The van der Waals surface area contributed by atoms with Gasteiger partial charge in [0.2, 0.25) is 0 Å². The average molecular weight is 181 g/mol. The van der Waals surface area contributed by atoms with Crippen molar-refractivity contribution in [2.24, 2.45) is 0 Å². The van der Waals surface area contributed by atoms with Gasteiger partial charge in [0.05, 0.1) is 0 Å². The number of carbonyl (C=O) groups excluding carboxylic acids is 1. The fraction of sp³-hybridized carbons (Fsp3) is 0.222. The summed E-state index contributed by atoms with van der Waals surface area (Å²) in [6.45, 7) is 0. The molecule has 0 saturated heterocycles. The zero-order valence-corrected chi connectivity index (χ0v) is 7.00. The highest BCUT2D eigenvalue weighted by Crippen LogP contribution is 2.04. The SMILES string of the molecule is O=CC(Cc1ccccc1)N(O)O. The number of benzene rings is 1. The van der Waals surface area contributed by atoms with Crippen LogP contribution in [0.2, 0.25) is 0 Å². The van der Waals surface area contributed by atoms with E-state index in [2.05, 4.69) is 0 Å². The van der Waals surface area contributed by atoms with Gasteiger partial charge in [-0.1, -0.05) is 35.6 Å². The van der Waals surface area contributed by atoms with Crippen LogP contribution in [0.3, 0.4) is 0 Å². The second-order valence-corrected chi connectivity index (χ2v) is 2.71. The number of nitrogens with zero attached hydrogens (tertiary/aromatic N) is 1. The van der Waals surface area contributed by atoms with E-state index in [-0.39, 0.29) is 11.6 Å². The average Bonchev–Trinajstić information content (AvgIpc) is 2.15. The molecule has 70 valence electrons. The molecule has 0 aliphatic rings. The summed E-state index contributed by atoms with van der Waals surface area (Å²) in [6.07, 6.45) is 0.782. The summed E-state index contributed by atoms with van der Waals surface area (Å²) in [7, 11) is 0. The van der Waals surface area contributed by atoms with Crippen LogP contribution < -0.4 is 0 Å². The van der Waals surface area contributed by atoms with Crippen molar-refractivity contribution in [2.45, 2.75) is 12.5 Å². The molecule has 1 aromatic carbocycles. The molecule has 4 heteroatoms. The quantitative estimate of drug-likeness (QED) is 0.534. The molecule has 0 spiro atoms. The molecule has 1 atom stereocenters. The van der Waals surface area contributed by atoms with Gasteiger partial charge >= 0.3 is 0 Å². The van der Waals surface area contributed by atoms with Gasteiger partial charge in [0.1, 0.15) is 12.3 Å². The van der Waals surface area contributed by atoms with Gasteiger partial charge in [0.25, 0.3) is 0 Å². The number of hydroxylamine groups is 2. The summed E-state index contributed by atoms with van der Waals surface area (Å²) < 4.78 is 0. The van der Waals surface area contributed by atoms with E-state index in [1.165, 1.54) is 0 Å². The van der Waals surface area contributed by atoms with Crippen molar-refractivity contribution in [3.8, 4) is 0 Å². The highest BCUT2D eigenvalue weighted by molar-refractivity contribution is 5.57. The van der Waals surface area contributed by atoms with E-state index in [1.807, 2.05) is 30.3 Å². The van der Waals surface area contributed by atoms with Crippen molar-refractivity contribution >= 4 is 6.29 Å². The molecule has 0 radical (unpaired) electrons. The Balaban J connectivity index is 2.62. The largest absolute Gasteiger partial charge is 0.301 e. The van der Waals surface area contributed by atoms with Gasteiger partial charge < -0.3 is 4.79 Å². The van der Waals surface area contributed by atoms with Crippen LogP contribution in [0.1, 0.15) is 5.56 Å². The molecule has 0 aromatic heterocycles. The summed E-state index contributed by atoms with van der Waals surface area (Å²) in [5.74, 6) is 0. The predicted molar refractivity (Wildman–Crippen MR) is 45.4 cm³/mol. The first-order valence-electron chi connectivity index (χ1n) is 3.90. The zero-order chi connectivity index (χ0) is 9.68. The molecule has 0 heterocycles. The lowest BCUT2D eigenvalue weighted by Gasteiger charge is -2.13. The van der Waals surface area contributed by atoms with Crippen molar-refractivity contribution in [3.05, 3.63) is 35.9 Å². The molecule has 0 aliphatic heterocycles. The molecule has 1 aromatic rings. The first-order valence-corrected chi connectivity index (χ1v) is 3.90. The van der Waals surface area contributed by atoms with Crippen LogP contribution >= 0.6 is 0 Å². The van der Waals surface area contributed by atoms with Crippen LogP contribution in [0.5, 0.6) is 0 Å². The second kappa shape index (κ2) is 4.71. The van der Waals surface area contributed by atoms with Gasteiger partial charge in [-0.05, 0) is 12.0 Å². The summed E-state index contributed by atoms with van der Waals surface area (Å²) in [5.41, 5.74) is 0.882. The Labute approximate surface area is 75.9 Å². The standard InChI is InChI=1S/C9H11NO3/c11-7-9(10(12)13)6-8-4-2-1-3-5-8/h1-5,7,9,12-13H,6H2. The Morgan fingerprint density at radius 3 is 2.38 bits per heavy atom. The normalized spacial score (nSPS) is 12.8. The molecule has 13 heavy (non-hydrogen) atoms. The van der Waals surface area contributed by atoms with E-state index >= 15 is 0 Å². The number of rotatable bonds is 4. The Bertz CT molecular complexity index is 261. The number of hydrogen-bond acceptors (Lipinski definition) is 4. The predicted octanol–water partition coefficient (Wildman–Crippen LogP) is 0.877. The van der Waals surface area contributed by atoms with E-state index in [1.54, 1.807) is 0 Å². The van der Waals surface area contributed by atoms with E-state index in [9.17, 15) is 4.79 Å². The summed E-state index contributed by atoms with van der Waals surface area (Å²) in [4.78, 5) is 10.4. The third-order valence-corrected chi connectivity index (χ3v) is 1.74. The van der Waals surface area contributed by atoms with Gasteiger partial charge in [-0.25, -0.2) is 0 Å². The fourth-order valence-electron chi connectivity index (χ4n) is 1.04. The molecule has 0 aliphatic carbocycles. The van der Waals surface area contributed by atoms with Gasteiger partial charge in [-0.2, -0.15) is 0 Å². The molecule has 0 amide bonds. The van der Waals surface area contributed by atoms with Crippen molar-refractivity contribution in [2.75, 3.05) is 0 Å². The third-order valence-electron chi connectivity index (χ3n) is 1.74. The van der Waals surface area contributed by atoms with Gasteiger partial charge in [0.15, 0.2) is 0 Å². The first-order chi connectivity index (χ1) is 6.24. The van der Waals surface area contributed by atoms with Crippen molar-refractivity contribution in [1.82, 2.24) is 5.23 Å². The molecule has 1 unspecified atom stereocenters. The molecular weight excluding hydrogens is 170 g/mol. The first kappa shape index (κ1) is 9.85. The maximum Gasteiger partial charge on any atom is 0.142 e. The molecule has 0 fully saturated rings. The summed E-state index contributed by atoms with van der Waals surface area (Å²) in [6, 6.07) is 8.25. The van der Waals surface area contributed by atoms with Crippen molar-refractivity contribution in [3.63, 3.8) is 0 Å². The fourth-order valence-corrected chi connectivity index (χ4v) is 1.04. The number of aldehydes is 1. The Morgan fingerprint density at radius 2 is 1.92 bits per heavy atom. The van der Waals surface area contributed by atoms with Crippen LogP contribution in [0, 0.1) is 0 Å². The Kier molecular flexibility index (Phi) is 3.57. The topological polar surface area (TPSA) is 60.8 Å². The molecular formula is C9H11NO3. The number of hydrogen-bond donors (Lipinski definition) is 2. The lowest BCUT2D eigenvalue weighted by molar-refractivity contribution is -0.322. The maximum atomic E-state index is 10.4. The summed E-state index contributed by atoms with van der Waals surface area (Å²) >= 11 is 0. The van der Waals surface area contributed by atoms with Crippen LogP contribution in [0.4, 0.5) is 0 Å². The monoisotopic (exact) mass is 181 g/mol. The Hall–Kier alpha value is -1.23. The third kappa shape index (κ3) is 2.95. The minimum absolute atomic E-state index is 0.0694. The van der Waals surface area contributed by atoms with Gasteiger partial charge in [-0.15, -0.1) is 0 Å². The van der Waals surface area contributed by atoms with Crippen molar-refractivity contribution < 1.29 is 15.2 Å². The smallest absolute Gasteiger partial charge is 0.142 e. The van der Waals surface area contributed by atoms with Crippen LogP contribution in [-0.2, 0) is 11.2 Å². The summed E-state index contributed by atoms with van der Waals surface area (Å²) in [5, 5.41) is 17.2. The van der Waals surface area contributed by atoms with Gasteiger partial charge in [-0.3, -0.25) is 10.4 Å². The lowest BCUT2D eigenvalue weighted by atomic mass is 10.1. The highest BCUT2D eigenvalue weighted by atomic mass is 16.8. The second-order valence-electron chi connectivity index (χ2n) is 2.71. The highest BCUT2D eigenvalue weighted by Gasteiger charge is 2.13. The Morgan fingerprint density at radius 1 is 1.31 bits per heavy atom. The van der Waals surface area contributed by atoms with E-state index in [4.69, 9.17) is 10.4 Å². The van der Waals surface area contributed by atoms with Gasteiger partial charge in [0, 0.05) is 0 Å². The molecule has 0 saturated carbocycles. The molecule has 4 nitrogen and oxygen atoms in total. The van der Waals surface area contributed by atoms with Crippen LogP contribution in [0.15, 0.2) is 30.3 Å². The minimum Gasteiger partial charge on any atom is -0.301 e. The van der Waals surface area contributed by atoms with Crippen molar-refractivity contribution in [1.29, 1.82) is 0 Å². The number of carbonyl (C=O) groups is 1. The van der Waals surface area contributed by atoms with E-state index in [0.717, 1.165) is 5.56 Å². The molecule has 2 N–H and O–H groups in total. The van der Waals surface area contributed by atoms with Crippen LogP contribution in [0.25, 0.3) is 0 Å². The molecule has 1 rings (SSSR count). The van der Waals surface area contributed by atoms with Crippen LogP contribution in [-0.4, -0.2) is 28.0 Å². The lowest BCUT2D eigenvalue weighted by Crippen LogP contribution is -2.32. The maximum absolute atomic E-state index is 10.4. The molecule has 0 bridgehead atoms.